The van der Waals surface area contributed by atoms with Gasteiger partial charge in [-0.1, -0.05) is 43.6 Å². The predicted octanol–water partition coefficient (Wildman–Crippen LogP) is 6.48. The summed E-state index contributed by atoms with van der Waals surface area (Å²) in [6, 6.07) is 18.0. The minimum atomic E-state index is -0.474. The first-order valence-corrected chi connectivity index (χ1v) is 11.9. The molecule has 1 N–H and O–H groups in total. The highest BCUT2D eigenvalue weighted by Crippen LogP contribution is 2.28. The summed E-state index contributed by atoms with van der Waals surface area (Å²) < 4.78 is 13.6. The summed E-state index contributed by atoms with van der Waals surface area (Å²) >= 11 is 6.35. The van der Waals surface area contributed by atoms with Crippen LogP contribution in [0.2, 0.25) is 5.02 Å². The van der Waals surface area contributed by atoms with E-state index in [-0.39, 0.29) is 23.4 Å². The van der Waals surface area contributed by atoms with Gasteiger partial charge in [0, 0.05) is 43.6 Å². The Balaban J connectivity index is 1.97. The van der Waals surface area contributed by atoms with Crippen molar-refractivity contribution < 1.29 is 14.0 Å². The number of hydrogen-bond donors (Lipinski definition) is 1. The van der Waals surface area contributed by atoms with Gasteiger partial charge in [-0.3, -0.25) is 9.59 Å². The molecule has 0 aromatic heterocycles. The van der Waals surface area contributed by atoms with E-state index in [2.05, 4.69) is 19.2 Å². The van der Waals surface area contributed by atoms with E-state index in [0.717, 1.165) is 11.3 Å². The number of halogens is 2. The van der Waals surface area contributed by atoms with Gasteiger partial charge in [-0.2, -0.15) is 0 Å². The molecule has 0 fully saturated rings. The van der Waals surface area contributed by atoms with E-state index in [0.29, 0.717) is 22.8 Å². The fourth-order valence-corrected chi connectivity index (χ4v) is 4.01. The molecular formula is C28H31ClFN3O2. The Bertz CT molecular complexity index is 1210. The number of benzene rings is 3. The topological polar surface area (TPSA) is 52.7 Å². The molecular weight excluding hydrogens is 465 g/mol. The smallest absolute Gasteiger partial charge is 0.255 e. The quantitative estimate of drug-likeness (QED) is 0.389. The van der Waals surface area contributed by atoms with E-state index in [4.69, 9.17) is 11.6 Å². The van der Waals surface area contributed by atoms with Crippen LogP contribution in [0.1, 0.15) is 47.1 Å². The van der Waals surface area contributed by atoms with Crippen molar-refractivity contribution in [2.75, 3.05) is 24.3 Å². The minimum absolute atomic E-state index is 0.0701. The van der Waals surface area contributed by atoms with E-state index in [9.17, 15) is 14.0 Å². The number of amides is 2. The molecule has 0 aliphatic rings. The maximum absolute atomic E-state index is 13.6. The van der Waals surface area contributed by atoms with Gasteiger partial charge in [0.1, 0.15) is 5.82 Å². The molecule has 3 aromatic carbocycles. The van der Waals surface area contributed by atoms with Gasteiger partial charge >= 0.3 is 0 Å². The fraction of sp³-hybridized carbons (Fsp3) is 0.286. The highest BCUT2D eigenvalue weighted by molar-refractivity contribution is 6.33. The molecule has 1 atom stereocenters. The Morgan fingerprint density at radius 3 is 2.31 bits per heavy atom. The van der Waals surface area contributed by atoms with Gasteiger partial charge in [-0.05, 0) is 66.9 Å². The van der Waals surface area contributed by atoms with Crippen molar-refractivity contribution in [3.05, 3.63) is 94.3 Å². The van der Waals surface area contributed by atoms with Gasteiger partial charge in [-0.25, -0.2) is 4.39 Å². The highest BCUT2D eigenvalue weighted by atomic mass is 35.5. The van der Waals surface area contributed by atoms with Crippen LogP contribution in [0.25, 0.3) is 0 Å². The summed E-state index contributed by atoms with van der Waals surface area (Å²) in [6.07, 6.45) is 0. The van der Waals surface area contributed by atoms with E-state index < -0.39 is 11.7 Å². The van der Waals surface area contributed by atoms with Crippen LogP contribution >= 0.6 is 11.6 Å². The zero-order chi connectivity index (χ0) is 25.7. The van der Waals surface area contributed by atoms with Crippen molar-refractivity contribution in [1.29, 1.82) is 0 Å². The Morgan fingerprint density at radius 2 is 1.69 bits per heavy atom. The lowest BCUT2D eigenvalue weighted by Gasteiger charge is -2.33. The molecule has 184 valence electrons. The van der Waals surface area contributed by atoms with Crippen molar-refractivity contribution in [2.45, 2.75) is 33.4 Å². The molecule has 7 heteroatoms. The third-order valence-electron chi connectivity index (χ3n) is 6.07. The fourth-order valence-electron chi connectivity index (χ4n) is 3.79. The minimum Gasteiger partial charge on any atom is -0.377 e. The van der Waals surface area contributed by atoms with Crippen LogP contribution in [0.5, 0.6) is 0 Å². The summed E-state index contributed by atoms with van der Waals surface area (Å²) in [4.78, 5) is 30.1. The van der Waals surface area contributed by atoms with Crippen LogP contribution in [-0.4, -0.2) is 36.9 Å². The SMILES string of the molecule is CC(C)[C@@H](C)N(Cc1cc(NC(=O)c2cccc(F)c2)ccc1N(C)C)C(=O)c1ccccc1Cl. The van der Waals surface area contributed by atoms with Crippen molar-refractivity contribution in [2.24, 2.45) is 5.92 Å². The van der Waals surface area contributed by atoms with Gasteiger partial charge in [0.05, 0.1) is 10.6 Å². The summed E-state index contributed by atoms with van der Waals surface area (Å²) in [5.41, 5.74) is 3.01. The second-order valence-electron chi connectivity index (χ2n) is 9.10. The number of nitrogens with one attached hydrogen (secondary N) is 1. The first-order chi connectivity index (χ1) is 16.6. The van der Waals surface area contributed by atoms with E-state index >= 15 is 0 Å². The van der Waals surface area contributed by atoms with Crippen LogP contribution in [-0.2, 0) is 6.54 Å². The summed E-state index contributed by atoms with van der Waals surface area (Å²) in [7, 11) is 3.85. The third kappa shape index (κ3) is 6.40. The van der Waals surface area contributed by atoms with Gasteiger partial charge < -0.3 is 15.1 Å². The standard InChI is InChI=1S/C28H31ClFN3O2/c1-18(2)19(3)33(28(35)24-11-6-7-12-25(24)29)17-21-16-23(13-14-26(21)32(4)5)31-27(34)20-9-8-10-22(30)15-20/h6-16,18-19H,17H2,1-5H3,(H,31,34)/t19-/m1/s1. The first kappa shape index (κ1) is 26.2. The molecule has 5 nitrogen and oxygen atoms in total. The first-order valence-electron chi connectivity index (χ1n) is 11.5. The van der Waals surface area contributed by atoms with Gasteiger partial charge in [0.15, 0.2) is 0 Å². The molecule has 35 heavy (non-hydrogen) atoms. The number of rotatable bonds is 8. The predicted molar refractivity (Wildman–Crippen MR) is 141 cm³/mol. The van der Waals surface area contributed by atoms with Crippen molar-refractivity contribution >= 4 is 34.8 Å². The number of hydrogen-bond acceptors (Lipinski definition) is 3. The van der Waals surface area contributed by atoms with Crippen molar-refractivity contribution in [3.63, 3.8) is 0 Å². The average Bonchev–Trinajstić information content (AvgIpc) is 2.82. The number of carbonyl (C=O) groups excluding carboxylic acids is 2. The number of anilines is 2. The van der Waals surface area contributed by atoms with E-state index in [1.165, 1.54) is 18.2 Å². The van der Waals surface area contributed by atoms with Crippen molar-refractivity contribution in [1.82, 2.24) is 4.90 Å². The second-order valence-corrected chi connectivity index (χ2v) is 9.51. The molecule has 3 aromatic rings. The third-order valence-corrected chi connectivity index (χ3v) is 6.40. The zero-order valence-electron chi connectivity index (χ0n) is 20.7. The Labute approximate surface area is 211 Å². The Hall–Kier alpha value is -3.38. The van der Waals surface area contributed by atoms with Crippen LogP contribution < -0.4 is 10.2 Å². The molecule has 0 aliphatic heterocycles. The normalized spacial score (nSPS) is 11.8. The molecule has 2 amide bonds. The summed E-state index contributed by atoms with van der Waals surface area (Å²) in [5.74, 6) is -0.832. The molecule has 0 spiro atoms. The molecule has 0 saturated carbocycles. The number of carbonyl (C=O) groups is 2. The monoisotopic (exact) mass is 495 g/mol. The average molecular weight is 496 g/mol. The molecule has 0 unspecified atom stereocenters. The lowest BCUT2D eigenvalue weighted by atomic mass is 10.0. The van der Waals surface area contributed by atoms with Gasteiger partial charge in [0.25, 0.3) is 11.8 Å². The van der Waals surface area contributed by atoms with Crippen LogP contribution in [0.3, 0.4) is 0 Å². The van der Waals surface area contributed by atoms with Gasteiger partial charge in [-0.15, -0.1) is 0 Å². The maximum Gasteiger partial charge on any atom is 0.255 e. The molecule has 0 heterocycles. The second kappa shape index (κ2) is 11.4. The Kier molecular flexibility index (Phi) is 8.52. The summed E-state index contributed by atoms with van der Waals surface area (Å²) in [5, 5.41) is 3.24. The number of nitrogens with zero attached hydrogens (tertiary/aromatic N) is 2. The Morgan fingerprint density at radius 1 is 0.971 bits per heavy atom. The maximum atomic E-state index is 13.6. The zero-order valence-corrected chi connectivity index (χ0v) is 21.4. The lowest BCUT2D eigenvalue weighted by molar-refractivity contribution is 0.0628. The van der Waals surface area contributed by atoms with Crippen molar-refractivity contribution in [3.8, 4) is 0 Å². The molecule has 0 radical (unpaired) electrons. The van der Waals surface area contributed by atoms with Crippen LogP contribution in [0.15, 0.2) is 66.7 Å². The molecule has 0 saturated heterocycles. The molecule has 0 bridgehead atoms. The molecule has 3 rings (SSSR count). The molecule has 0 aliphatic carbocycles. The lowest BCUT2D eigenvalue weighted by Crippen LogP contribution is -2.41. The van der Waals surface area contributed by atoms with Crippen LogP contribution in [0.4, 0.5) is 15.8 Å². The van der Waals surface area contributed by atoms with E-state index in [1.54, 1.807) is 36.4 Å². The van der Waals surface area contributed by atoms with Gasteiger partial charge in [0.2, 0.25) is 0 Å². The van der Waals surface area contributed by atoms with E-state index in [1.807, 2.05) is 43.0 Å². The largest absolute Gasteiger partial charge is 0.377 e. The summed E-state index contributed by atoms with van der Waals surface area (Å²) in [6.45, 7) is 6.48. The highest BCUT2D eigenvalue weighted by Gasteiger charge is 2.26. The van der Waals surface area contributed by atoms with Crippen LogP contribution in [0, 0.1) is 11.7 Å².